The van der Waals surface area contributed by atoms with E-state index in [1.54, 1.807) is 24.3 Å². The highest BCUT2D eigenvalue weighted by Crippen LogP contribution is 2.15. The fraction of sp³-hybridized carbons (Fsp3) is 0.267. The number of carbonyl (C=O) groups excluding carboxylic acids is 3. The Morgan fingerprint density at radius 2 is 1.37 bits per heavy atom. The van der Waals surface area contributed by atoms with Crippen molar-refractivity contribution in [3.63, 3.8) is 0 Å². The van der Waals surface area contributed by atoms with Gasteiger partial charge in [-0.05, 0) is 61.2 Å². The van der Waals surface area contributed by atoms with E-state index in [-0.39, 0.29) is 35.7 Å². The molecule has 2 amide bonds. The highest BCUT2D eigenvalue weighted by molar-refractivity contribution is 7.80. The van der Waals surface area contributed by atoms with Crippen LogP contribution in [0.2, 0.25) is 0 Å². The molecule has 0 saturated carbocycles. The van der Waals surface area contributed by atoms with E-state index >= 15 is 0 Å². The van der Waals surface area contributed by atoms with Crippen LogP contribution in [0.5, 0.6) is 0 Å². The zero-order chi connectivity index (χ0) is 27.0. The third kappa shape index (κ3) is 10.5. The van der Waals surface area contributed by atoms with Gasteiger partial charge in [0.25, 0.3) is 5.91 Å². The number of aryl methyl sites for hydroxylation is 1. The number of rotatable bonds is 13. The van der Waals surface area contributed by atoms with Gasteiger partial charge in [0.2, 0.25) is 5.91 Å². The predicted octanol–water partition coefficient (Wildman–Crippen LogP) is 4.82. The number of thiocarbonyl (C=S) groups is 1. The molecule has 0 aliphatic heterocycles. The van der Waals surface area contributed by atoms with E-state index in [2.05, 4.69) is 16.0 Å². The maximum atomic E-state index is 12.7. The number of amides is 2. The first-order chi connectivity index (χ1) is 18.5. The zero-order valence-corrected chi connectivity index (χ0v) is 22.1. The standard InChI is InChI=1S/C30H33N3O4S/c34-27(18-9-19-28(35)37-22-10-15-23-11-3-1-4-12-23)33-30(38)32-26-17-8-7-16-25(26)29(36)31-21-20-24-13-5-2-6-14-24/h1-8,11-14,16-17H,9-10,15,18-22H2,(H,31,36)(H2,32,33,34,38). The number of ether oxygens (including phenoxy) is 1. The van der Waals surface area contributed by atoms with E-state index in [0.717, 1.165) is 24.8 Å². The summed E-state index contributed by atoms with van der Waals surface area (Å²) in [5.74, 6) is -0.872. The van der Waals surface area contributed by atoms with Crippen LogP contribution in [0.3, 0.4) is 0 Å². The van der Waals surface area contributed by atoms with Gasteiger partial charge in [0.1, 0.15) is 0 Å². The van der Waals surface area contributed by atoms with Crippen molar-refractivity contribution in [1.29, 1.82) is 0 Å². The largest absolute Gasteiger partial charge is 0.466 e. The Hall–Kier alpha value is -4.04. The van der Waals surface area contributed by atoms with E-state index in [1.807, 2.05) is 60.7 Å². The summed E-state index contributed by atoms with van der Waals surface area (Å²) in [5.41, 5.74) is 3.26. The smallest absolute Gasteiger partial charge is 0.305 e. The molecule has 3 N–H and O–H groups in total. The molecular weight excluding hydrogens is 498 g/mol. The lowest BCUT2D eigenvalue weighted by Crippen LogP contribution is -2.35. The molecular formula is C30H33N3O4S. The second-order valence-electron chi connectivity index (χ2n) is 8.70. The van der Waals surface area contributed by atoms with Crippen LogP contribution in [0.15, 0.2) is 84.9 Å². The van der Waals surface area contributed by atoms with E-state index < -0.39 is 0 Å². The van der Waals surface area contributed by atoms with Gasteiger partial charge in [-0.15, -0.1) is 0 Å². The minimum atomic E-state index is -0.321. The highest BCUT2D eigenvalue weighted by atomic mass is 32.1. The number of hydrogen-bond acceptors (Lipinski definition) is 5. The number of para-hydroxylation sites is 1. The molecule has 198 valence electrons. The van der Waals surface area contributed by atoms with Crippen molar-refractivity contribution in [3.8, 4) is 0 Å². The Morgan fingerprint density at radius 1 is 0.737 bits per heavy atom. The minimum absolute atomic E-state index is 0.0861. The van der Waals surface area contributed by atoms with Crippen LogP contribution in [0.25, 0.3) is 0 Å². The summed E-state index contributed by atoms with van der Waals surface area (Å²) in [7, 11) is 0. The molecule has 3 rings (SSSR count). The molecule has 0 unspecified atom stereocenters. The third-order valence-corrected chi connectivity index (χ3v) is 5.92. The van der Waals surface area contributed by atoms with Gasteiger partial charge in [-0.3, -0.25) is 14.4 Å². The summed E-state index contributed by atoms with van der Waals surface area (Å²) in [5, 5.41) is 8.53. The normalized spacial score (nSPS) is 10.3. The van der Waals surface area contributed by atoms with Crippen molar-refractivity contribution in [2.24, 2.45) is 0 Å². The maximum Gasteiger partial charge on any atom is 0.305 e. The number of hydrogen-bond donors (Lipinski definition) is 3. The molecule has 7 nitrogen and oxygen atoms in total. The third-order valence-electron chi connectivity index (χ3n) is 5.72. The molecule has 3 aromatic rings. The lowest BCUT2D eigenvalue weighted by molar-refractivity contribution is -0.143. The van der Waals surface area contributed by atoms with E-state index in [1.165, 1.54) is 5.56 Å². The monoisotopic (exact) mass is 531 g/mol. The lowest BCUT2D eigenvalue weighted by Gasteiger charge is -2.13. The van der Waals surface area contributed by atoms with Gasteiger partial charge < -0.3 is 20.7 Å². The van der Waals surface area contributed by atoms with Crippen molar-refractivity contribution in [3.05, 3.63) is 102 Å². The second kappa shape index (κ2) is 15.9. The van der Waals surface area contributed by atoms with Crippen molar-refractivity contribution >= 4 is 40.8 Å². The summed E-state index contributed by atoms with van der Waals surface area (Å²) >= 11 is 5.26. The lowest BCUT2D eigenvalue weighted by atomic mass is 10.1. The molecule has 0 radical (unpaired) electrons. The zero-order valence-electron chi connectivity index (χ0n) is 21.3. The van der Waals surface area contributed by atoms with Gasteiger partial charge in [-0.2, -0.15) is 0 Å². The first-order valence-corrected chi connectivity index (χ1v) is 13.1. The van der Waals surface area contributed by atoms with Gasteiger partial charge in [-0.25, -0.2) is 0 Å². The van der Waals surface area contributed by atoms with E-state index in [4.69, 9.17) is 17.0 Å². The number of nitrogens with one attached hydrogen (secondary N) is 3. The number of carbonyl (C=O) groups is 3. The van der Waals surface area contributed by atoms with Crippen LogP contribution >= 0.6 is 12.2 Å². The highest BCUT2D eigenvalue weighted by Gasteiger charge is 2.13. The Labute approximate surface area is 229 Å². The Balaban J connectivity index is 1.33. The summed E-state index contributed by atoms with van der Waals surface area (Å²) in [6.45, 7) is 0.848. The fourth-order valence-corrected chi connectivity index (χ4v) is 3.99. The summed E-state index contributed by atoms with van der Waals surface area (Å²) in [6.07, 6.45) is 2.96. The first kappa shape index (κ1) is 28.5. The molecule has 0 fully saturated rings. The van der Waals surface area contributed by atoms with Gasteiger partial charge in [0.05, 0.1) is 17.9 Å². The van der Waals surface area contributed by atoms with Gasteiger partial charge >= 0.3 is 5.97 Å². The molecule has 0 aliphatic rings. The van der Waals surface area contributed by atoms with Crippen LogP contribution in [0, 0.1) is 0 Å². The number of benzene rings is 3. The summed E-state index contributed by atoms with van der Waals surface area (Å²) < 4.78 is 5.25. The predicted molar refractivity (Wildman–Crippen MR) is 153 cm³/mol. The molecule has 0 heterocycles. The van der Waals surface area contributed by atoms with Gasteiger partial charge in [0, 0.05) is 19.4 Å². The molecule has 38 heavy (non-hydrogen) atoms. The molecule has 0 bridgehead atoms. The van der Waals surface area contributed by atoms with Crippen molar-refractivity contribution in [1.82, 2.24) is 10.6 Å². The minimum Gasteiger partial charge on any atom is -0.466 e. The molecule has 0 saturated heterocycles. The van der Waals surface area contributed by atoms with Crippen molar-refractivity contribution < 1.29 is 19.1 Å². The molecule has 0 atom stereocenters. The summed E-state index contributed by atoms with van der Waals surface area (Å²) in [4.78, 5) is 36.9. The quantitative estimate of drug-likeness (QED) is 0.166. The van der Waals surface area contributed by atoms with Crippen molar-refractivity contribution in [2.75, 3.05) is 18.5 Å². The maximum absolute atomic E-state index is 12.7. The van der Waals surface area contributed by atoms with Crippen LogP contribution in [0.4, 0.5) is 5.69 Å². The van der Waals surface area contributed by atoms with Crippen LogP contribution in [0.1, 0.15) is 47.2 Å². The Kier molecular flexibility index (Phi) is 12.0. The second-order valence-corrected chi connectivity index (χ2v) is 9.11. The Morgan fingerprint density at radius 3 is 2.08 bits per heavy atom. The van der Waals surface area contributed by atoms with E-state index in [0.29, 0.717) is 30.8 Å². The molecule has 0 spiro atoms. The molecule has 0 aliphatic carbocycles. The number of anilines is 1. The first-order valence-electron chi connectivity index (χ1n) is 12.7. The molecule has 3 aromatic carbocycles. The number of esters is 1. The molecule has 0 aromatic heterocycles. The fourth-order valence-electron chi connectivity index (χ4n) is 3.77. The molecule has 8 heteroatoms. The van der Waals surface area contributed by atoms with Crippen LogP contribution in [-0.4, -0.2) is 36.0 Å². The topological polar surface area (TPSA) is 96.5 Å². The SMILES string of the molecule is O=C(CCCC(=O)OCCCc1ccccc1)NC(=S)Nc1ccccc1C(=O)NCCc1ccccc1. The average molecular weight is 532 g/mol. The van der Waals surface area contributed by atoms with Crippen LogP contribution < -0.4 is 16.0 Å². The summed E-state index contributed by atoms with van der Waals surface area (Å²) in [6, 6.07) is 26.9. The van der Waals surface area contributed by atoms with Gasteiger partial charge in [0.15, 0.2) is 5.11 Å². The average Bonchev–Trinajstić information content (AvgIpc) is 2.92. The van der Waals surface area contributed by atoms with Crippen molar-refractivity contribution in [2.45, 2.75) is 38.5 Å². The van der Waals surface area contributed by atoms with Gasteiger partial charge in [-0.1, -0.05) is 72.8 Å². The Bertz CT molecular complexity index is 1200. The van der Waals surface area contributed by atoms with Crippen LogP contribution in [-0.2, 0) is 27.2 Å². The van der Waals surface area contributed by atoms with E-state index in [9.17, 15) is 14.4 Å².